The number of nitrogens with one attached hydrogen (secondary N) is 1. The minimum Gasteiger partial charge on any atom is -0.275 e. The van der Waals surface area contributed by atoms with E-state index in [9.17, 15) is 12.8 Å². The summed E-state index contributed by atoms with van der Waals surface area (Å²) in [5, 5.41) is 8.87. The zero-order valence-corrected chi connectivity index (χ0v) is 12.2. The molecule has 0 atom stereocenters. The van der Waals surface area contributed by atoms with E-state index < -0.39 is 15.8 Å². The monoisotopic (exact) mass is 355 g/mol. The average Bonchev–Trinajstić information content (AvgIpc) is 2.43. The summed E-state index contributed by atoms with van der Waals surface area (Å²) in [6.07, 6.45) is 1.30. The Morgan fingerprint density at radius 2 is 2.05 bits per heavy atom. The molecule has 2 aromatic rings. The maximum absolute atomic E-state index is 13.6. The first kappa shape index (κ1) is 14.4. The van der Waals surface area contributed by atoms with Gasteiger partial charge in [-0.1, -0.05) is 6.07 Å². The number of sulfonamides is 1. The van der Waals surface area contributed by atoms with Gasteiger partial charge in [-0.3, -0.25) is 4.72 Å². The predicted molar refractivity (Wildman–Crippen MR) is 73.9 cm³/mol. The van der Waals surface area contributed by atoms with E-state index in [1.807, 2.05) is 0 Å². The standard InChI is InChI=1S/C12H7BrFN3O2S/c13-8-3-1-4-9(14)12(8)17-20(18,19)11-5-2-6-16-10(11)7-15/h1-6,17H. The lowest BCUT2D eigenvalue weighted by Crippen LogP contribution is -2.16. The molecular weight excluding hydrogens is 349 g/mol. The average molecular weight is 356 g/mol. The van der Waals surface area contributed by atoms with Crippen LogP contribution in [0.25, 0.3) is 0 Å². The summed E-state index contributed by atoms with van der Waals surface area (Å²) in [6, 6.07) is 8.34. The first-order valence-corrected chi connectivity index (χ1v) is 7.55. The van der Waals surface area contributed by atoms with Crippen molar-refractivity contribution in [3.8, 4) is 6.07 Å². The molecule has 1 aromatic carbocycles. The van der Waals surface area contributed by atoms with Crippen molar-refractivity contribution in [2.45, 2.75) is 4.90 Å². The first-order valence-electron chi connectivity index (χ1n) is 5.27. The number of hydrogen-bond donors (Lipinski definition) is 1. The van der Waals surface area contributed by atoms with Gasteiger partial charge in [-0.25, -0.2) is 17.8 Å². The molecule has 0 fully saturated rings. The Bertz CT molecular complexity index is 782. The molecule has 2 rings (SSSR count). The molecular formula is C12H7BrFN3O2S. The highest BCUT2D eigenvalue weighted by Gasteiger charge is 2.21. The summed E-state index contributed by atoms with van der Waals surface area (Å²) >= 11 is 3.06. The summed E-state index contributed by atoms with van der Waals surface area (Å²) in [6.45, 7) is 0. The summed E-state index contributed by atoms with van der Waals surface area (Å²) in [5.41, 5.74) is -0.479. The molecule has 5 nitrogen and oxygen atoms in total. The zero-order valence-electron chi connectivity index (χ0n) is 9.84. The molecule has 0 saturated heterocycles. The molecule has 8 heteroatoms. The Hall–Kier alpha value is -1.98. The van der Waals surface area contributed by atoms with E-state index in [0.717, 1.165) is 6.07 Å². The number of nitriles is 1. The van der Waals surface area contributed by atoms with Crippen LogP contribution in [-0.4, -0.2) is 13.4 Å². The number of hydrogen-bond acceptors (Lipinski definition) is 4. The number of pyridine rings is 1. The second kappa shape index (κ2) is 5.56. The van der Waals surface area contributed by atoms with Crippen molar-refractivity contribution in [1.82, 2.24) is 4.98 Å². The molecule has 0 spiro atoms. The van der Waals surface area contributed by atoms with Gasteiger partial charge >= 0.3 is 0 Å². The maximum atomic E-state index is 13.6. The van der Waals surface area contributed by atoms with Crippen molar-refractivity contribution >= 4 is 31.6 Å². The molecule has 1 aromatic heterocycles. The molecule has 0 bridgehead atoms. The molecule has 0 aliphatic rings. The molecule has 102 valence electrons. The van der Waals surface area contributed by atoms with Crippen LogP contribution in [0.5, 0.6) is 0 Å². The van der Waals surface area contributed by atoms with Crippen molar-refractivity contribution in [2.75, 3.05) is 4.72 Å². The number of rotatable bonds is 3. The van der Waals surface area contributed by atoms with Crippen LogP contribution >= 0.6 is 15.9 Å². The number of para-hydroxylation sites is 1. The third-order valence-corrected chi connectivity index (χ3v) is 4.41. The quantitative estimate of drug-likeness (QED) is 0.917. The van der Waals surface area contributed by atoms with Crippen LogP contribution in [0.4, 0.5) is 10.1 Å². The SMILES string of the molecule is N#Cc1ncccc1S(=O)(=O)Nc1c(F)cccc1Br. The maximum Gasteiger partial charge on any atom is 0.264 e. The molecule has 0 amide bonds. The van der Waals surface area contributed by atoms with Crippen molar-refractivity contribution < 1.29 is 12.8 Å². The Kier molecular flexibility index (Phi) is 4.01. The zero-order chi connectivity index (χ0) is 14.8. The van der Waals surface area contributed by atoms with E-state index in [0.29, 0.717) is 0 Å². The van der Waals surface area contributed by atoms with Gasteiger partial charge in [0.05, 0.1) is 5.69 Å². The van der Waals surface area contributed by atoms with E-state index in [2.05, 4.69) is 25.6 Å². The van der Waals surface area contributed by atoms with Gasteiger partial charge in [0, 0.05) is 10.7 Å². The van der Waals surface area contributed by atoms with Crippen LogP contribution in [-0.2, 0) is 10.0 Å². The van der Waals surface area contributed by atoms with Crippen LogP contribution in [0.2, 0.25) is 0 Å². The third-order valence-electron chi connectivity index (χ3n) is 2.37. The highest BCUT2D eigenvalue weighted by molar-refractivity contribution is 9.10. The topological polar surface area (TPSA) is 82.8 Å². The van der Waals surface area contributed by atoms with Crippen LogP contribution in [0.3, 0.4) is 0 Å². The summed E-state index contributed by atoms with van der Waals surface area (Å²) in [4.78, 5) is 3.36. The van der Waals surface area contributed by atoms with Gasteiger partial charge in [-0.15, -0.1) is 0 Å². The highest BCUT2D eigenvalue weighted by atomic mass is 79.9. The van der Waals surface area contributed by atoms with Gasteiger partial charge in [-0.05, 0) is 40.2 Å². The van der Waals surface area contributed by atoms with Crippen molar-refractivity contribution in [3.05, 3.63) is 52.5 Å². The Morgan fingerprint density at radius 3 is 2.70 bits per heavy atom. The van der Waals surface area contributed by atoms with Gasteiger partial charge in [0.15, 0.2) is 5.69 Å². The van der Waals surface area contributed by atoms with Crippen molar-refractivity contribution in [2.24, 2.45) is 0 Å². The molecule has 0 aliphatic heterocycles. The van der Waals surface area contributed by atoms with E-state index in [1.54, 1.807) is 6.07 Å². The number of anilines is 1. The van der Waals surface area contributed by atoms with E-state index in [-0.39, 0.29) is 20.7 Å². The van der Waals surface area contributed by atoms with Gasteiger partial charge < -0.3 is 0 Å². The molecule has 1 N–H and O–H groups in total. The lowest BCUT2D eigenvalue weighted by atomic mass is 10.3. The van der Waals surface area contributed by atoms with Crippen LogP contribution < -0.4 is 4.72 Å². The first-order chi connectivity index (χ1) is 9.45. The molecule has 0 radical (unpaired) electrons. The summed E-state index contributed by atoms with van der Waals surface area (Å²) in [7, 11) is -4.11. The van der Waals surface area contributed by atoms with Gasteiger partial charge in [-0.2, -0.15) is 5.26 Å². The van der Waals surface area contributed by atoms with Crippen LogP contribution in [0.15, 0.2) is 45.9 Å². The smallest absolute Gasteiger partial charge is 0.264 e. The lowest BCUT2D eigenvalue weighted by molar-refractivity contribution is 0.597. The third kappa shape index (κ3) is 2.79. The fraction of sp³-hybridized carbons (Fsp3) is 0. The summed E-state index contributed by atoms with van der Waals surface area (Å²) in [5.74, 6) is -0.731. The number of nitrogens with zero attached hydrogens (tertiary/aromatic N) is 2. The van der Waals surface area contributed by atoms with Gasteiger partial charge in [0.1, 0.15) is 16.8 Å². The van der Waals surface area contributed by atoms with Crippen molar-refractivity contribution in [3.63, 3.8) is 0 Å². The Balaban J connectivity index is 2.50. The minimum atomic E-state index is -4.11. The number of halogens is 2. The number of aromatic nitrogens is 1. The lowest BCUT2D eigenvalue weighted by Gasteiger charge is -2.11. The molecule has 0 saturated carbocycles. The van der Waals surface area contributed by atoms with E-state index >= 15 is 0 Å². The summed E-state index contributed by atoms with van der Waals surface area (Å²) < 4.78 is 40.4. The van der Waals surface area contributed by atoms with E-state index in [4.69, 9.17) is 5.26 Å². The van der Waals surface area contributed by atoms with Crippen LogP contribution in [0.1, 0.15) is 5.69 Å². The normalized spacial score (nSPS) is 10.8. The highest BCUT2D eigenvalue weighted by Crippen LogP contribution is 2.28. The molecule has 0 aliphatic carbocycles. The molecule has 20 heavy (non-hydrogen) atoms. The van der Waals surface area contributed by atoms with Crippen LogP contribution in [0, 0.1) is 17.1 Å². The van der Waals surface area contributed by atoms with Crippen molar-refractivity contribution in [1.29, 1.82) is 5.26 Å². The largest absolute Gasteiger partial charge is 0.275 e. The van der Waals surface area contributed by atoms with Gasteiger partial charge in [0.25, 0.3) is 10.0 Å². The fourth-order valence-corrected chi connectivity index (χ4v) is 3.25. The predicted octanol–water partition coefficient (Wildman–Crippen LogP) is 2.66. The van der Waals surface area contributed by atoms with E-state index in [1.165, 1.54) is 30.5 Å². The second-order valence-corrected chi connectivity index (χ2v) is 6.17. The Labute approximate surface area is 123 Å². The van der Waals surface area contributed by atoms with Gasteiger partial charge in [0.2, 0.25) is 0 Å². The molecule has 1 heterocycles. The molecule has 0 unspecified atom stereocenters. The number of benzene rings is 1. The minimum absolute atomic E-state index is 0.222. The Morgan fingerprint density at radius 1 is 1.30 bits per heavy atom. The fourth-order valence-electron chi connectivity index (χ4n) is 1.48. The second-order valence-electron chi connectivity index (χ2n) is 3.66.